The van der Waals surface area contributed by atoms with Crippen molar-refractivity contribution in [2.75, 3.05) is 39.9 Å². The van der Waals surface area contributed by atoms with E-state index in [4.69, 9.17) is 9.47 Å². The third-order valence-electron chi connectivity index (χ3n) is 5.45. The van der Waals surface area contributed by atoms with Crippen LogP contribution in [0.2, 0.25) is 0 Å². The Balaban J connectivity index is 1.51. The number of rotatable bonds is 5. The first-order valence-electron chi connectivity index (χ1n) is 9.56. The third-order valence-corrected chi connectivity index (χ3v) is 5.45. The van der Waals surface area contributed by atoms with E-state index in [0.717, 1.165) is 31.7 Å². The van der Waals surface area contributed by atoms with Crippen LogP contribution in [0.4, 0.5) is 0 Å². The number of hydrogen-bond acceptors (Lipinski definition) is 4. The second-order valence-corrected chi connectivity index (χ2v) is 7.08. The molecule has 0 aromatic heterocycles. The van der Waals surface area contributed by atoms with Crippen LogP contribution in [0.15, 0.2) is 36.9 Å². The number of amides is 2. The largest absolute Gasteiger partial charge is 0.496 e. The molecule has 6 nitrogen and oxygen atoms in total. The van der Waals surface area contributed by atoms with Gasteiger partial charge in [-0.2, -0.15) is 0 Å². The minimum absolute atomic E-state index is 0.103. The maximum atomic E-state index is 12.7. The van der Waals surface area contributed by atoms with Crippen molar-refractivity contribution in [2.45, 2.75) is 31.3 Å². The highest BCUT2D eigenvalue weighted by molar-refractivity contribution is 5.87. The summed E-state index contributed by atoms with van der Waals surface area (Å²) in [5.74, 6) is 1.33. The smallest absolute Gasteiger partial charge is 0.246 e. The van der Waals surface area contributed by atoms with Crippen molar-refractivity contribution in [3.8, 4) is 5.75 Å². The Kier molecular flexibility index (Phi) is 6.50. The molecular weight excluding hydrogens is 344 g/mol. The molecule has 0 unspecified atom stereocenters. The van der Waals surface area contributed by atoms with E-state index in [1.165, 1.54) is 11.6 Å². The lowest BCUT2D eigenvalue weighted by Crippen LogP contribution is -2.47. The van der Waals surface area contributed by atoms with Gasteiger partial charge in [-0.15, -0.1) is 0 Å². The molecule has 0 saturated carbocycles. The fraction of sp³-hybridized carbons (Fsp3) is 0.524. The highest BCUT2D eigenvalue weighted by atomic mass is 16.5. The van der Waals surface area contributed by atoms with Crippen LogP contribution in [0.25, 0.3) is 0 Å². The monoisotopic (exact) mass is 372 g/mol. The minimum Gasteiger partial charge on any atom is -0.496 e. The summed E-state index contributed by atoms with van der Waals surface area (Å²) in [5.41, 5.74) is 1.22. The van der Waals surface area contributed by atoms with Crippen LogP contribution in [0.3, 0.4) is 0 Å². The highest BCUT2D eigenvalue weighted by Gasteiger charge is 2.29. The molecule has 0 aliphatic carbocycles. The van der Waals surface area contributed by atoms with Gasteiger partial charge in [0.2, 0.25) is 11.8 Å². The van der Waals surface area contributed by atoms with E-state index in [-0.39, 0.29) is 17.9 Å². The predicted octanol–water partition coefficient (Wildman–Crippen LogP) is 2.20. The Hall–Kier alpha value is -2.34. The van der Waals surface area contributed by atoms with Gasteiger partial charge in [0.1, 0.15) is 5.75 Å². The van der Waals surface area contributed by atoms with Crippen LogP contribution in [0, 0.1) is 0 Å². The molecule has 0 N–H and O–H groups in total. The molecule has 2 saturated heterocycles. The molecule has 1 aromatic rings. The average Bonchev–Trinajstić information content (AvgIpc) is 2.73. The number of piperidine rings is 1. The number of carbonyl (C=O) groups is 2. The predicted molar refractivity (Wildman–Crippen MR) is 103 cm³/mol. The van der Waals surface area contributed by atoms with E-state index < -0.39 is 0 Å². The van der Waals surface area contributed by atoms with Gasteiger partial charge in [0.25, 0.3) is 0 Å². The third kappa shape index (κ3) is 4.69. The summed E-state index contributed by atoms with van der Waals surface area (Å²) in [6.07, 6.45) is 3.26. The standard InChI is InChI=1S/C21H28N2O4/c1-3-20(24)23-12-13-27-17(15-23)14-21(25)22-10-8-16(9-11-22)18-6-4-5-7-19(18)26-2/h3-7,16-17H,1,8-15H2,2H3/t17-/m1/s1. The SMILES string of the molecule is C=CC(=O)N1CCO[C@H](CC(=O)N2CCC(c3ccccc3OC)CC2)C1. The number of hydrogen-bond donors (Lipinski definition) is 0. The first-order chi connectivity index (χ1) is 13.1. The molecule has 1 aromatic carbocycles. The van der Waals surface area contributed by atoms with Gasteiger partial charge in [-0.25, -0.2) is 0 Å². The molecule has 6 heteroatoms. The molecule has 2 aliphatic rings. The second-order valence-electron chi connectivity index (χ2n) is 7.08. The molecular formula is C21H28N2O4. The Morgan fingerprint density at radius 3 is 2.67 bits per heavy atom. The molecule has 0 bridgehead atoms. The zero-order valence-corrected chi connectivity index (χ0v) is 15.9. The van der Waals surface area contributed by atoms with Crippen LogP contribution >= 0.6 is 0 Å². The summed E-state index contributed by atoms with van der Waals surface area (Å²) in [5, 5.41) is 0. The number of para-hydroxylation sites is 1. The van der Waals surface area contributed by atoms with Crippen molar-refractivity contribution in [3.05, 3.63) is 42.5 Å². The summed E-state index contributed by atoms with van der Waals surface area (Å²) in [7, 11) is 1.70. The van der Waals surface area contributed by atoms with Crippen LogP contribution < -0.4 is 4.74 Å². The van der Waals surface area contributed by atoms with Gasteiger partial charge in [-0.1, -0.05) is 24.8 Å². The normalized spacial score (nSPS) is 21.0. The Labute approximate surface area is 160 Å². The molecule has 2 fully saturated rings. The maximum absolute atomic E-state index is 12.7. The summed E-state index contributed by atoms with van der Waals surface area (Å²) in [6, 6.07) is 8.11. The van der Waals surface area contributed by atoms with Gasteiger partial charge >= 0.3 is 0 Å². The summed E-state index contributed by atoms with van der Waals surface area (Å²) in [4.78, 5) is 28.1. The summed E-state index contributed by atoms with van der Waals surface area (Å²) in [6.45, 7) is 6.48. The zero-order valence-electron chi connectivity index (χ0n) is 15.9. The summed E-state index contributed by atoms with van der Waals surface area (Å²) >= 11 is 0. The van der Waals surface area contributed by atoms with Gasteiger partial charge < -0.3 is 19.3 Å². The van der Waals surface area contributed by atoms with Gasteiger partial charge in [0.15, 0.2) is 0 Å². The fourth-order valence-electron chi connectivity index (χ4n) is 3.94. The van der Waals surface area contributed by atoms with Gasteiger partial charge in [0, 0.05) is 26.2 Å². The number of ether oxygens (including phenoxy) is 2. The Bertz CT molecular complexity index is 683. The average molecular weight is 372 g/mol. The van der Waals surface area contributed by atoms with E-state index in [2.05, 4.69) is 12.6 Å². The van der Waals surface area contributed by atoms with Gasteiger partial charge in [0.05, 0.1) is 26.2 Å². The molecule has 2 aliphatic heterocycles. The molecule has 0 radical (unpaired) electrons. The molecule has 2 amide bonds. The first-order valence-corrected chi connectivity index (χ1v) is 9.56. The van der Waals surface area contributed by atoms with E-state index in [0.29, 0.717) is 32.0 Å². The molecule has 0 spiro atoms. The van der Waals surface area contributed by atoms with Crippen LogP contribution in [0.1, 0.15) is 30.7 Å². The van der Waals surface area contributed by atoms with Crippen molar-refractivity contribution in [3.63, 3.8) is 0 Å². The van der Waals surface area contributed by atoms with Crippen molar-refractivity contribution >= 4 is 11.8 Å². The van der Waals surface area contributed by atoms with Crippen LogP contribution in [-0.4, -0.2) is 67.6 Å². The van der Waals surface area contributed by atoms with Crippen LogP contribution in [-0.2, 0) is 14.3 Å². The van der Waals surface area contributed by atoms with Gasteiger partial charge in [-0.05, 0) is 36.5 Å². The van der Waals surface area contributed by atoms with Crippen molar-refractivity contribution < 1.29 is 19.1 Å². The minimum atomic E-state index is -0.234. The topological polar surface area (TPSA) is 59.1 Å². The number of likely N-dealkylation sites (tertiary alicyclic amines) is 1. The molecule has 27 heavy (non-hydrogen) atoms. The van der Waals surface area contributed by atoms with Crippen molar-refractivity contribution in [1.82, 2.24) is 9.80 Å². The lowest BCUT2D eigenvalue weighted by molar-refractivity contribution is -0.142. The highest BCUT2D eigenvalue weighted by Crippen LogP contribution is 2.34. The first kappa shape index (κ1) is 19.4. The van der Waals surface area contributed by atoms with E-state index in [1.54, 1.807) is 12.0 Å². The number of methoxy groups -OCH3 is 1. The maximum Gasteiger partial charge on any atom is 0.246 e. The Morgan fingerprint density at radius 1 is 1.22 bits per heavy atom. The van der Waals surface area contributed by atoms with Crippen LogP contribution in [0.5, 0.6) is 5.75 Å². The number of benzene rings is 1. The van der Waals surface area contributed by atoms with Gasteiger partial charge in [-0.3, -0.25) is 9.59 Å². The van der Waals surface area contributed by atoms with Crippen molar-refractivity contribution in [2.24, 2.45) is 0 Å². The molecule has 1 atom stereocenters. The number of nitrogens with zero attached hydrogens (tertiary/aromatic N) is 2. The summed E-state index contributed by atoms with van der Waals surface area (Å²) < 4.78 is 11.2. The fourth-order valence-corrected chi connectivity index (χ4v) is 3.94. The molecule has 2 heterocycles. The quantitative estimate of drug-likeness (QED) is 0.744. The Morgan fingerprint density at radius 2 is 1.96 bits per heavy atom. The van der Waals surface area contributed by atoms with E-state index in [9.17, 15) is 9.59 Å². The second kappa shape index (κ2) is 9.04. The van der Waals surface area contributed by atoms with Crippen molar-refractivity contribution in [1.29, 1.82) is 0 Å². The lowest BCUT2D eigenvalue weighted by Gasteiger charge is -2.35. The lowest BCUT2D eigenvalue weighted by atomic mass is 9.88. The molecule has 146 valence electrons. The molecule has 3 rings (SSSR count). The zero-order chi connectivity index (χ0) is 19.2. The van der Waals surface area contributed by atoms with E-state index in [1.807, 2.05) is 23.1 Å². The number of carbonyl (C=O) groups excluding carboxylic acids is 2. The van der Waals surface area contributed by atoms with E-state index >= 15 is 0 Å². The number of morpholine rings is 1.